The third kappa shape index (κ3) is 3.13. The van der Waals surface area contributed by atoms with Crippen molar-refractivity contribution < 1.29 is 22.8 Å². The molecule has 3 heterocycles. The summed E-state index contributed by atoms with van der Waals surface area (Å²) in [6.45, 7) is 1.03. The van der Waals surface area contributed by atoms with Gasteiger partial charge in [-0.05, 0) is 12.8 Å². The van der Waals surface area contributed by atoms with E-state index in [0.717, 1.165) is 12.4 Å². The van der Waals surface area contributed by atoms with E-state index in [2.05, 4.69) is 9.97 Å². The standard InChI is InChI=1S/C14H15F3N4O2/c15-14(16,17)10-7-19-11(8-18-10)20-5-3-9(4-6-20)21-12(22)1-2-13(21)23/h7-9H,1-6H2. The Labute approximate surface area is 130 Å². The van der Waals surface area contributed by atoms with E-state index < -0.39 is 11.9 Å². The summed E-state index contributed by atoms with van der Waals surface area (Å²) in [5, 5.41) is 0. The molecule has 23 heavy (non-hydrogen) atoms. The molecule has 0 atom stereocenters. The zero-order valence-corrected chi connectivity index (χ0v) is 12.2. The number of carbonyl (C=O) groups excluding carboxylic acids is 2. The number of carbonyl (C=O) groups is 2. The Morgan fingerprint density at radius 1 is 1.00 bits per heavy atom. The Bertz CT molecular complexity index is 593. The third-order valence-corrected chi connectivity index (χ3v) is 4.17. The molecule has 2 aliphatic heterocycles. The number of alkyl halides is 3. The van der Waals surface area contributed by atoms with E-state index in [-0.39, 0.29) is 30.7 Å². The van der Waals surface area contributed by atoms with Crippen LogP contribution < -0.4 is 4.90 Å². The Morgan fingerprint density at radius 3 is 2.09 bits per heavy atom. The van der Waals surface area contributed by atoms with E-state index >= 15 is 0 Å². The first kappa shape index (κ1) is 15.7. The van der Waals surface area contributed by atoms with E-state index in [0.29, 0.717) is 31.7 Å². The van der Waals surface area contributed by atoms with Crippen LogP contribution in [0.2, 0.25) is 0 Å². The van der Waals surface area contributed by atoms with Gasteiger partial charge in [0.25, 0.3) is 0 Å². The quantitative estimate of drug-likeness (QED) is 0.772. The summed E-state index contributed by atoms with van der Waals surface area (Å²) in [7, 11) is 0. The minimum absolute atomic E-state index is 0.129. The van der Waals surface area contributed by atoms with E-state index in [9.17, 15) is 22.8 Å². The molecule has 2 fully saturated rings. The predicted octanol–water partition coefficient (Wildman–Crippen LogP) is 1.61. The maximum absolute atomic E-state index is 12.5. The van der Waals surface area contributed by atoms with Gasteiger partial charge in [0.1, 0.15) is 5.82 Å². The van der Waals surface area contributed by atoms with Gasteiger partial charge in [0.15, 0.2) is 5.69 Å². The van der Waals surface area contributed by atoms with Crippen LogP contribution in [0, 0.1) is 0 Å². The highest BCUT2D eigenvalue weighted by Gasteiger charge is 2.37. The minimum Gasteiger partial charge on any atom is -0.355 e. The van der Waals surface area contributed by atoms with Crippen LogP contribution >= 0.6 is 0 Å². The SMILES string of the molecule is O=C1CCC(=O)N1C1CCN(c2cnc(C(F)(F)F)cn2)CC1. The lowest BCUT2D eigenvalue weighted by molar-refractivity contribution is -0.142. The second kappa shape index (κ2) is 5.78. The van der Waals surface area contributed by atoms with Gasteiger partial charge in [-0.1, -0.05) is 0 Å². The molecule has 0 aliphatic carbocycles. The van der Waals surface area contributed by atoms with Crippen molar-refractivity contribution in [1.82, 2.24) is 14.9 Å². The molecule has 0 bridgehead atoms. The summed E-state index contributed by atoms with van der Waals surface area (Å²) in [4.78, 5) is 33.8. The number of piperidine rings is 1. The Hall–Kier alpha value is -2.19. The first-order valence-corrected chi connectivity index (χ1v) is 7.35. The second-order valence-electron chi connectivity index (χ2n) is 5.63. The van der Waals surface area contributed by atoms with Crippen molar-refractivity contribution in [1.29, 1.82) is 0 Å². The van der Waals surface area contributed by atoms with Crippen LogP contribution in [0.1, 0.15) is 31.4 Å². The van der Waals surface area contributed by atoms with Crippen molar-refractivity contribution in [2.24, 2.45) is 0 Å². The van der Waals surface area contributed by atoms with Gasteiger partial charge in [0.2, 0.25) is 11.8 Å². The van der Waals surface area contributed by atoms with Gasteiger partial charge in [-0.25, -0.2) is 9.97 Å². The molecule has 2 amide bonds. The second-order valence-corrected chi connectivity index (χ2v) is 5.63. The molecule has 2 aliphatic rings. The molecule has 0 spiro atoms. The molecule has 9 heteroatoms. The fourth-order valence-electron chi connectivity index (χ4n) is 2.99. The van der Waals surface area contributed by atoms with Crippen molar-refractivity contribution >= 4 is 17.6 Å². The normalized spacial score (nSPS) is 20.5. The number of rotatable bonds is 2. The summed E-state index contributed by atoms with van der Waals surface area (Å²) in [6, 6.07) is -0.129. The number of aromatic nitrogens is 2. The van der Waals surface area contributed by atoms with E-state index in [1.54, 1.807) is 0 Å². The zero-order valence-electron chi connectivity index (χ0n) is 12.2. The average Bonchev–Trinajstić information content (AvgIpc) is 2.86. The molecular weight excluding hydrogens is 313 g/mol. The molecule has 6 nitrogen and oxygen atoms in total. The largest absolute Gasteiger partial charge is 0.434 e. The van der Waals surface area contributed by atoms with E-state index in [4.69, 9.17) is 0 Å². The van der Waals surface area contributed by atoms with Crippen molar-refractivity contribution in [3.05, 3.63) is 18.1 Å². The van der Waals surface area contributed by atoms with Gasteiger partial charge < -0.3 is 4.90 Å². The lowest BCUT2D eigenvalue weighted by Gasteiger charge is -2.36. The summed E-state index contributed by atoms with van der Waals surface area (Å²) < 4.78 is 37.4. The Morgan fingerprint density at radius 2 is 1.61 bits per heavy atom. The maximum atomic E-state index is 12.5. The highest BCUT2D eigenvalue weighted by Crippen LogP contribution is 2.28. The first-order valence-electron chi connectivity index (χ1n) is 7.35. The fourth-order valence-corrected chi connectivity index (χ4v) is 2.99. The molecule has 0 N–H and O–H groups in total. The monoisotopic (exact) mass is 328 g/mol. The van der Waals surface area contributed by atoms with Gasteiger partial charge in [0, 0.05) is 32.0 Å². The van der Waals surface area contributed by atoms with Crippen LogP contribution in [0.15, 0.2) is 12.4 Å². The molecule has 1 aromatic rings. The lowest BCUT2D eigenvalue weighted by atomic mass is 10.0. The first-order chi connectivity index (χ1) is 10.9. The summed E-state index contributed by atoms with van der Waals surface area (Å²) in [5.74, 6) is 0.0982. The molecule has 0 unspecified atom stereocenters. The van der Waals surface area contributed by atoms with Crippen LogP contribution in [0.4, 0.5) is 19.0 Å². The molecule has 1 aromatic heterocycles. The van der Waals surface area contributed by atoms with Crippen LogP contribution in [-0.2, 0) is 15.8 Å². The maximum Gasteiger partial charge on any atom is 0.434 e. The summed E-state index contributed by atoms with van der Waals surface area (Å²) in [5.41, 5.74) is -1.02. The summed E-state index contributed by atoms with van der Waals surface area (Å²) in [6.07, 6.45) is -0.980. The molecule has 0 saturated carbocycles. The smallest absolute Gasteiger partial charge is 0.355 e. The number of nitrogens with zero attached hydrogens (tertiary/aromatic N) is 4. The van der Waals surface area contributed by atoms with Crippen molar-refractivity contribution in [3.8, 4) is 0 Å². The fraction of sp³-hybridized carbons (Fsp3) is 0.571. The van der Waals surface area contributed by atoms with Gasteiger partial charge in [-0.15, -0.1) is 0 Å². The van der Waals surface area contributed by atoms with Crippen LogP contribution in [0.5, 0.6) is 0 Å². The molecule has 0 aromatic carbocycles. The van der Waals surface area contributed by atoms with Gasteiger partial charge in [-0.3, -0.25) is 14.5 Å². The topological polar surface area (TPSA) is 66.4 Å². The van der Waals surface area contributed by atoms with Crippen molar-refractivity contribution in [2.75, 3.05) is 18.0 Å². The van der Waals surface area contributed by atoms with Crippen LogP contribution in [0.3, 0.4) is 0 Å². The number of likely N-dealkylation sites (tertiary alicyclic amines) is 1. The molecule has 2 saturated heterocycles. The third-order valence-electron chi connectivity index (χ3n) is 4.17. The number of imide groups is 1. The minimum atomic E-state index is -4.50. The van der Waals surface area contributed by atoms with Crippen molar-refractivity contribution in [3.63, 3.8) is 0 Å². The van der Waals surface area contributed by atoms with Gasteiger partial charge >= 0.3 is 6.18 Å². The zero-order chi connectivity index (χ0) is 16.6. The number of halogens is 3. The van der Waals surface area contributed by atoms with E-state index in [1.807, 2.05) is 4.90 Å². The molecule has 3 rings (SSSR count). The number of hydrogen-bond donors (Lipinski definition) is 0. The number of anilines is 1. The van der Waals surface area contributed by atoms with Crippen LogP contribution in [0.25, 0.3) is 0 Å². The lowest BCUT2D eigenvalue weighted by Crippen LogP contribution is -2.47. The number of amides is 2. The van der Waals surface area contributed by atoms with Gasteiger partial charge in [-0.2, -0.15) is 13.2 Å². The summed E-state index contributed by atoms with van der Waals surface area (Å²) >= 11 is 0. The molecular formula is C14H15F3N4O2. The Balaban J connectivity index is 1.63. The van der Waals surface area contributed by atoms with Gasteiger partial charge in [0.05, 0.1) is 12.4 Å². The highest BCUT2D eigenvalue weighted by atomic mass is 19.4. The van der Waals surface area contributed by atoms with Crippen LogP contribution in [-0.4, -0.2) is 45.8 Å². The van der Waals surface area contributed by atoms with Crippen molar-refractivity contribution in [2.45, 2.75) is 37.9 Å². The predicted molar refractivity (Wildman–Crippen MR) is 73.4 cm³/mol. The van der Waals surface area contributed by atoms with E-state index in [1.165, 1.54) is 4.90 Å². The molecule has 0 radical (unpaired) electrons. The molecule has 124 valence electrons. The Kier molecular flexibility index (Phi) is 3.95. The number of hydrogen-bond acceptors (Lipinski definition) is 5. The highest BCUT2D eigenvalue weighted by molar-refractivity contribution is 6.02. The average molecular weight is 328 g/mol.